The minimum Gasteiger partial charge on any atom is -0.486 e. The minimum atomic E-state index is -0.451. The van der Waals surface area contributed by atoms with Crippen molar-refractivity contribution in [2.75, 3.05) is 6.61 Å². The Labute approximate surface area is 137 Å². The van der Waals surface area contributed by atoms with Gasteiger partial charge in [0.2, 0.25) is 5.76 Å². The lowest BCUT2D eigenvalue weighted by Crippen LogP contribution is -2.02. The SMILES string of the molecule is CCCC(C)c1ccc(OCc2ccc(C(=O)OCC)o2)cc1. The number of hydrogen-bond donors (Lipinski definition) is 0. The second-order valence-corrected chi connectivity index (χ2v) is 5.53. The van der Waals surface area contributed by atoms with E-state index in [2.05, 4.69) is 26.0 Å². The molecule has 0 aliphatic rings. The summed E-state index contributed by atoms with van der Waals surface area (Å²) in [6, 6.07) is 11.5. The van der Waals surface area contributed by atoms with Crippen molar-refractivity contribution in [1.29, 1.82) is 0 Å². The molecule has 0 N–H and O–H groups in total. The number of esters is 1. The summed E-state index contributed by atoms with van der Waals surface area (Å²) >= 11 is 0. The van der Waals surface area contributed by atoms with E-state index in [1.807, 2.05) is 12.1 Å². The van der Waals surface area contributed by atoms with Crippen LogP contribution in [0.4, 0.5) is 0 Å². The van der Waals surface area contributed by atoms with Gasteiger partial charge in [0.05, 0.1) is 6.61 Å². The van der Waals surface area contributed by atoms with E-state index in [0.717, 1.165) is 5.75 Å². The number of carbonyl (C=O) groups is 1. The molecule has 23 heavy (non-hydrogen) atoms. The van der Waals surface area contributed by atoms with Crippen molar-refractivity contribution in [3.63, 3.8) is 0 Å². The monoisotopic (exact) mass is 316 g/mol. The van der Waals surface area contributed by atoms with Crippen LogP contribution >= 0.6 is 0 Å². The molecule has 4 nitrogen and oxygen atoms in total. The maximum absolute atomic E-state index is 11.5. The molecule has 4 heteroatoms. The molecule has 0 saturated heterocycles. The molecule has 0 bridgehead atoms. The van der Waals surface area contributed by atoms with Gasteiger partial charge in [0, 0.05) is 0 Å². The molecule has 0 spiro atoms. The summed E-state index contributed by atoms with van der Waals surface area (Å²) < 4.78 is 16.0. The van der Waals surface area contributed by atoms with Crippen molar-refractivity contribution in [3.05, 3.63) is 53.5 Å². The lowest BCUT2D eigenvalue weighted by atomic mass is 9.97. The van der Waals surface area contributed by atoms with E-state index in [4.69, 9.17) is 13.9 Å². The molecule has 0 aliphatic heterocycles. The van der Waals surface area contributed by atoms with Crippen LogP contribution in [0, 0.1) is 0 Å². The Balaban J connectivity index is 1.89. The normalized spacial score (nSPS) is 12.0. The van der Waals surface area contributed by atoms with Crippen LogP contribution in [0.2, 0.25) is 0 Å². The van der Waals surface area contributed by atoms with Gasteiger partial charge in [-0.15, -0.1) is 0 Å². The average molecular weight is 316 g/mol. The van der Waals surface area contributed by atoms with Crippen LogP contribution in [0.5, 0.6) is 5.75 Å². The quantitative estimate of drug-likeness (QED) is 0.647. The summed E-state index contributed by atoms with van der Waals surface area (Å²) in [4.78, 5) is 11.5. The second kappa shape index (κ2) is 8.42. The molecule has 1 unspecified atom stereocenters. The molecular formula is C19H24O4. The highest BCUT2D eigenvalue weighted by atomic mass is 16.5. The molecule has 2 aromatic rings. The van der Waals surface area contributed by atoms with Gasteiger partial charge in [-0.25, -0.2) is 4.79 Å². The van der Waals surface area contributed by atoms with Crippen molar-refractivity contribution in [2.24, 2.45) is 0 Å². The van der Waals surface area contributed by atoms with Gasteiger partial charge < -0.3 is 13.9 Å². The molecule has 1 heterocycles. The lowest BCUT2D eigenvalue weighted by Gasteiger charge is -2.11. The number of furan rings is 1. The van der Waals surface area contributed by atoms with Crippen molar-refractivity contribution in [1.82, 2.24) is 0 Å². The number of ether oxygens (including phenoxy) is 2. The van der Waals surface area contributed by atoms with E-state index < -0.39 is 5.97 Å². The fraction of sp³-hybridized carbons (Fsp3) is 0.421. The maximum atomic E-state index is 11.5. The van der Waals surface area contributed by atoms with Gasteiger partial charge in [0.1, 0.15) is 18.1 Å². The largest absolute Gasteiger partial charge is 0.486 e. The Bertz CT molecular complexity index is 613. The van der Waals surface area contributed by atoms with Crippen LogP contribution < -0.4 is 4.74 Å². The molecule has 0 fully saturated rings. The van der Waals surface area contributed by atoms with Crippen LogP contribution in [0.1, 0.15) is 61.4 Å². The van der Waals surface area contributed by atoms with Crippen LogP contribution in [0.15, 0.2) is 40.8 Å². The van der Waals surface area contributed by atoms with Crippen molar-refractivity contribution in [3.8, 4) is 5.75 Å². The van der Waals surface area contributed by atoms with E-state index in [0.29, 0.717) is 18.3 Å². The van der Waals surface area contributed by atoms with E-state index in [1.54, 1.807) is 19.1 Å². The van der Waals surface area contributed by atoms with Crippen molar-refractivity contribution in [2.45, 2.75) is 46.1 Å². The summed E-state index contributed by atoms with van der Waals surface area (Å²) in [7, 11) is 0. The van der Waals surface area contributed by atoms with Gasteiger partial charge >= 0.3 is 5.97 Å². The fourth-order valence-electron chi connectivity index (χ4n) is 2.41. The molecule has 1 atom stereocenters. The highest BCUT2D eigenvalue weighted by Crippen LogP contribution is 2.23. The predicted molar refractivity (Wildman–Crippen MR) is 88.8 cm³/mol. The predicted octanol–water partition coefficient (Wildman–Crippen LogP) is 4.94. The maximum Gasteiger partial charge on any atom is 0.374 e. The zero-order chi connectivity index (χ0) is 16.7. The zero-order valence-electron chi connectivity index (χ0n) is 14.0. The van der Waals surface area contributed by atoms with Gasteiger partial charge in [0.15, 0.2) is 0 Å². The molecule has 0 radical (unpaired) electrons. The van der Waals surface area contributed by atoms with E-state index in [1.165, 1.54) is 18.4 Å². The molecule has 2 rings (SSSR count). The lowest BCUT2D eigenvalue weighted by molar-refractivity contribution is 0.0486. The first-order chi connectivity index (χ1) is 11.1. The third-order valence-electron chi connectivity index (χ3n) is 3.69. The summed E-state index contributed by atoms with van der Waals surface area (Å²) in [5.41, 5.74) is 1.32. The van der Waals surface area contributed by atoms with Crippen molar-refractivity contribution >= 4 is 5.97 Å². The number of carbonyl (C=O) groups excluding carboxylic acids is 1. The van der Waals surface area contributed by atoms with Crippen LogP contribution in [-0.2, 0) is 11.3 Å². The Morgan fingerprint density at radius 1 is 1.13 bits per heavy atom. The van der Waals surface area contributed by atoms with E-state index >= 15 is 0 Å². The zero-order valence-corrected chi connectivity index (χ0v) is 14.0. The van der Waals surface area contributed by atoms with E-state index in [9.17, 15) is 4.79 Å². The first-order valence-corrected chi connectivity index (χ1v) is 8.12. The Morgan fingerprint density at radius 2 is 1.87 bits per heavy atom. The number of benzene rings is 1. The van der Waals surface area contributed by atoms with Gasteiger partial charge in [0.25, 0.3) is 0 Å². The number of rotatable bonds is 8. The number of hydrogen-bond acceptors (Lipinski definition) is 4. The highest BCUT2D eigenvalue weighted by Gasteiger charge is 2.12. The molecule has 124 valence electrons. The Morgan fingerprint density at radius 3 is 2.52 bits per heavy atom. The Kier molecular flexibility index (Phi) is 6.27. The van der Waals surface area contributed by atoms with Crippen molar-refractivity contribution < 1.29 is 18.7 Å². The van der Waals surface area contributed by atoms with Crippen LogP contribution in [-0.4, -0.2) is 12.6 Å². The fourth-order valence-corrected chi connectivity index (χ4v) is 2.41. The first kappa shape index (κ1) is 17.1. The second-order valence-electron chi connectivity index (χ2n) is 5.53. The minimum absolute atomic E-state index is 0.203. The third kappa shape index (κ3) is 4.88. The van der Waals surface area contributed by atoms with Gasteiger partial charge in [-0.2, -0.15) is 0 Å². The standard InChI is InChI=1S/C19H24O4/c1-4-6-14(3)15-7-9-16(10-8-15)22-13-17-11-12-18(23-17)19(20)21-5-2/h7-12,14H,4-6,13H2,1-3H3. The third-order valence-corrected chi connectivity index (χ3v) is 3.69. The van der Waals surface area contributed by atoms with Gasteiger partial charge in [-0.05, 0) is 49.1 Å². The van der Waals surface area contributed by atoms with Crippen LogP contribution in [0.3, 0.4) is 0 Å². The average Bonchev–Trinajstić information content (AvgIpc) is 3.03. The molecule has 0 aliphatic carbocycles. The molecule has 1 aromatic heterocycles. The first-order valence-electron chi connectivity index (χ1n) is 8.12. The molecule has 0 amide bonds. The summed E-state index contributed by atoms with van der Waals surface area (Å²) in [5.74, 6) is 1.69. The summed E-state index contributed by atoms with van der Waals surface area (Å²) in [5, 5.41) is 0. The Hall–Kier alpha value is -2.23. The van der Waals surface area contributed by atoms with Gasteiger partial charge in [-0.1, -0.05) is 32.4 Å². The van der Waals surface area contributed by atoms with Gasteiger partial charge in [-0.3, -0.25) is 0 Å². The van der Waals surface area contributed by atoms with E-state index in [-0.39, 0.29) is 12.4 Å². The highest BCUT2D eigenvalue weighted by molar-refractivity contribution is 5.86. The summed E-state index contributed by atoms with van der Waals surface area (Å²) in [6.45, 7) is 6.80. The summed E-state index contributed by atoms with van der Waals surface area (Å²) in [6.07, 6.45) is 2.37. The topological polar surface area (TPSA) is 48.7 Å². The molecule has 0 saturated carbocycles. The molecular weight excluding hydrogens is 292 g/mol. The van der Waals surface area contributed by atoms with Crippen LogP contribution in [0.25, 0.3) is 0 Å². The molecule has 1 aromatic carbocycles. The smallest absolute Gasteiger partial charge is 0.374 e.